The maximum Gasteiger partial charge on any atom is 0.0250 e. The monoisotopic (exact) mass is 296 g/mol. The fourth-order valence-corrected chi connectivity index (χ4v) is 3.76. The van der Waals surface area contributed by atoms with Gasteiger partial charge in [0, 0.05) is 24.7 Å². The predicted molar refractivity (Wildman–Crippen MR) is 94.6 cm³/mol. The summed E-state index contributed by atoms with van der Waals surface area (Å²) in [5, 5.41) is 0. The normalized spacial score (nSPS) is 26.9. The lowest BCUT2D eigenvalue weighted by Crippen LogP contribution is -2.51. The Balaban J connectivity index is 2.68. The van der Waals surface area contributed by atoms with Crippen LogP contribution in [0.25, 0.3) is 0 Å². The highest BCUT2D eigenvalue weighted by Crippen LogP contribution is 2.22. The van der Waals surface area contributed by atoms with Gasteiger partial charge in [0.25, 0.3) is 0 Å². The molecule has 1 saturated carbocycles. The van der Waals surface area contributed by atoms with Crippen LogP contribution in [0.3, 0.4) is 0 Å². The molecule has 2 nitrogen and oxygen atoms in total. The van der Waals surface area contributed by atoms with Crippen LogP contribution in [-0.4, -0.2) is 29.6 Å². The minimum Gasteiger partial charge on any atom is -0.326 e. The summed E-state index contributed by atoms with van der Waals surface area (Å²) in [5.74, 6) is 0.723. The van der Waals surface area contributed by atoms with E-state index in [1.54, 1.807) is 0 Å². The second kappa shape index (κ2) is 10.6. The van der Waals surface area contributed by atoms with E-state index in [0.717, 1.165) is 5.92 Å². The molecule has 1 fully saturated rings. The number of nitrogens with zero attached hydrogens (tertiary/aromatic N) is 1. The summed E-state index contributed by atoms with van der Waals surface area (Å²) in [5.41, 5.74) is 6.63. The summed E-state index contributed by atoms with van der Waals surface area (Å²) in [7, 11) is 0. The summed E-state index contributed by atoms with van der Waals surface area (Å²) >= 11 is 0. The Hall–Kier alpha value is -0.0800. The zero-order valence-corrected chi connectivity index (χ0v) is 15.1. The lowest BCUT2D eigenvalue weighted by atomic mass is 9.92. The van der Waals surface area contributed by atoms with Crippen molar-refractivity contribution >= 4 is 0 Å². The molecule has 21 heavy (non-hydrogen) atoms. The van der Waals surface area contributed by atoms with Crippen molar-refractivity contribution in [1.82, 2.24) is 4.90 Å². The highest BCUT2D eigenvalue weighted by atomic mass is 15.2. The molecule has 1 aliphatic carbocycles. The van der Waals surface area contributed by atoms with Crippen molar-refractivity contribution in [3.8, 4) is 0 Å². The van der Waals surface area contributed by atoms with Gasteiger partial charge in [-0.2, -0.15) is 0 Å². The fourth-order valence-electron chi connectivity index (χ4n) is 3.76. The van der Waals surface area contributed by atoms with E-state index < -0.39 is 0 Å². The van der Waals surface area contributed by atoms with Crippen LogP contribution in [0.15, 0.2) is 0 Å². The predicted octanol–water partition coefficient (Wildman–Crippen LogP) is 4.96. The van der Waals surface area contributed by atoms with Gasteiger partial charge in [-0.1, -0.05) is 65.2 Å². The Kier molecular flexibility index (Phi) is 9.59. The van der Waals surface area contributed by atoms with E-state index in [2.05, 4.69) is 32.6 Å². The molecule has 0 radical (unpaired) electrons. The van der Waals surface area contributed by atoms with E-state index in [4.69, 9.17) is 5.73 Å². The first kappa shape index (κ1) is 19.0. The first-order chi connectivity index (χ1) is 10.0. The average Bonchev–Trinajstić information content (AvgIpc) is 2.40. The van der Waals surface area contributed by atoms with Crippen molar-refractivity contribution in [2.75, 3.05) is 6.54 Å². The Morgan fingerprint density at radius 2 is 1.29 bits per heavy atom. The average molecular weight is 297 g/mol. The zero-order chi connectivity index (χ0) is 15.7. The second-order valence-electron chi connectivity index (χ2n) is 7.82. The van der Waals surface area contributed by atoms with Crippen molar-refractivity contribution in [3.63, 3.8) is 0 Å². The summed E-state index contributed by atoms with van der Waals surface area (Å²) in [6.07, 6.45) is 13.7. The lowest BCUT2D eigenvalue weighted by molar-refractivity contribution is 0.103. The summed E-state index contributed by atoms with van der Waals surface area (Å²) < 4.78 is 0. The van der Waals surface area contributed by atoms with Gasteiger partial charge in [-0.3, -0.25) is 4.90 Å². The zero-order valence-electron chi connectivity index (χ0n) is 15.1. The van der Waals surface area contributed by atoms with Crippen molar-refractivity contribution < 1.29 is 0 Å². The summed E-state index contributed by atoms with van der Waals surface area (Å²) in [6.45, 7) is 10.5. The molecule has 0 aliphatic heterocycles. The third-order valence-corrected chi connectivity index (χ3v) is 4.95. The molecule has 0 aromatic rings. The van der Waals surface area contributed by atoms with Gasteiger partial charge in [0.15, 0.2) is 0 Å². The van der Waals surface area contributed by atoms with Gasteiger partial charge < -0.3 is 5.73 Å². The van der Waals surface area contributed by atoms with Crippen molar-refractivity contribution in [3.05, 3.63) is 0 Å². The molecular formula is C19H40N2. The highest BCUT2D eigenvalue weighted by molar-refractivity contribution is 4.85. The van der Waals surface area contributed by atoms with Crippen LogP contribution < -0.4 is 5.73 Å². The lowest BCUT2D eigenvalue weighted by Gasteiger charge is -2.40. The van der Waals surface area contributed by atoms with Gasteiger partial charge in [0.1, 0.15) is 0 Å². The largest absolute Gasteiger partial charge is 0.326 e. The first-order valence-electron chi connectivity index (χ1n) is 9.53. The Bertz CT molecular complexity index is 250. The Labute approximate surface area is 133 Å². The molecule has 0 spiro atoms. The van der Waals surface area contributed by atoms with Gasteiger partial charge in [0.05, 0.1) is 0 Å². The maximum absolute atomic E-state index is 6.63. The van der Waals surface area contributed by atoms with E-state index in [1.807, 2.05) is 0 Å². The van der Waals surface area contributed by atoms with Crippen LogP contribution >= 0.6 is 0 Å². The van der Waals surface area contributed by atoms with E-state index in [1.165, 1.54) is 70.8 Å². The molecule has 0 amide bonds. The van der Waals surface area contributed by atoms with Crippen LogP contribution in [0, 0.1) is 5.92 Å². The standard InChI is InChI=1S/C19H40N2/c1-16(2)15-21(17(3)4)19-14-12-10-8-6-5-7-9-11-13-18(19)20/h16-19H,5-15,20H2,1-4H3. The molecule has 126 valence electrons. The molecule has 0 heterocycles. The molecular weight excluding hydrogens is 256 g/mol. The molecule has 2 atom stereocenters. The first-order valence-corrected chi connectivity index (χ1v) is 9.53. The highest BCUT2D eigenvalue weighted by Gasteiger charge is 2.26. The van der Waals surface area contributed by atoms with Crippen LogP contribution in [-0.2, 0) is 0 Å². The van der Waals surface area contributed by atoms with Gasteiger partial charge in [-0.05, 0) is 32.6 Å². The molecule has 0 aromatic carbocycles. The Morgan fingerprint density at radius 1 is 0.810 bits per heavy atom. The topological polar surface area (TPSA) is 29.3 Å². The van der Waals surface area contributed by atoms with E-state index >= 15 is 0 Å². The third kappa shape index (κ3) is 7.65. The van der Waals surface area contributed by atoms with E-state index in [0.29, 0.717) is 18.1 Å². The molecule has 1 aliphatic rings. The number of rotatable bonds is 4. The minimum absolute atomic E-state index is 0.366. The van der Waals surface area contributed by atoms with Crippen LogP contribution in [0.5, 0.6) is 0 Å². The van der Waals surface area contributed by atoms with Crippen LogP contribution in [0.4, 0.5) is 0 Å². The number of nitrogens with two attached hydrogens (primary N) is 1. The molecule has 0 bridgehead atoms. The molecule has 0 aromatic heterocycles. The summed E-state index contributed by atoms with van der Waals surface area (Å²) in [6, 6.07) is 1.56. The van der Waals surface area contributed by atoms with Crippen LogP contribution in [0.2, 0.25) is 0 Å². The third-order valence-electron chi connectivity index (χ3n) is 4.95. The van der Waals surface area contributed by atoms with Gasteiger partial charge in [-0.25, -0.2) is 0 Å². The van der Waals surface area contributed by atoms with Gasteiger partial charge in [0.2, 0.25) is 0 Å². The van der Waals surface area contributed by atoms with Gasteiger partial charge >= 0.3 is 0 Å². The molecule has 2 heteroatoms. The SMILES string of the molecule is CC(C)CN(C(C)C)C1CCCCCCCCCCC1N. The molecule has 0 saturated heterocycles. The fraction of sp³-hybridized carbons (Fsp3) is 1.00. The van der Waals surface area contributed by atoms with Crippen LogP contribution in [0.1, 0.15) is 91.9 Å². The molecule has 2 unspecified atom stereocenters. The number of hydrogen-bond donors (Lipinski definition) is 1. The molecule has 2 N–H and O–H groups in total. The quantitative estimate of drug-likeness (QED) is 0.794. The minimum atomic E-state index is 0.366. The van der Waals surface area contributed by atoms with E-state index in [-0.39, 0.29) is 0 Å². The second-order valence-corrected chi connectivity index (χ2v) is 7.82. The van der Waals surface area contributed by atoms with Gasteiger partial charge in [-0.15, -0.1) is 0 Å². The maximum atomic E-state index is 6.63. The number of hydrogen-bond acceptors (Lipinski definition) is 2. The summed E-state index contributed by atoms with van der Waals surface area (Å²) in [4.78, 5) is 2.70. The Morgan fingerprint density at radius 3 is 1.76 bits per heavy atom. The van der Waals surface area contributed by atoms with Crippen molar-refractivity contribution in [2.45, 2.75) is 110 Å². The van der Waals surface area contributed by atoms with E-state index in [9.17, 15) is 0 Å². The smallest absolute Gasteiger partial charge is 0.0250 e. The molecule has 1 rings (SSSR count). The van der Waals surface area contributed by atoms with Crippen molar-refractivity contribution in [1.29, 1.82) is 0 Å². The van der Waals surface area contributed by atoms with Crippen molar-refractivity contribution in [2.24, 2.45) is 11.7 Å².